The summed E-state index contributed by atoms with van der Waals surface area (Å²) in [5.74, 6) is 0.324. The topological polar surface area (TPSA) is 64.3 Å². The summed E-state index contributed by atoms with van der Waals surface area (Å²) >= 11 is 0. The molecule has 0 unspecified atom stereocenters. The average molecular weight is 399 g/mol. The molecule has 0 saturated heterocycles. The van der Waals surface area contributed by atoms with Crippen LogP contribution < -0.4 is 10.1 Å². The average Bonchev–Trinajstić information content (AvgIpc) is 3.11. The second-order valence-electron chi connectivity index (χ2n) is 6.21. The maximum Gasteiger partial charge on any atom is 0.573 e. The predicted octanol–water partition coefficient (Wildman–Crippen LogP) is 4.34. The number of rotatable bonds is 6. The molecule has 0 aliphatic rings. The van der Waals surface area contributed by atoms with Gasteiger partial charge in [-0.25, -0.2) is 9.50 Å². The lowest BCUT2D eigenvalue weighted by Gasteiger charge is -2.10. The van der Waals surface area contributed by atoms with Crippen LogP contribution in [0.2, 0.25) is 0 Å². The molecular formula is C20H16F3N5O. The normalized spacial score (nSPS) is 11.6. The first-order valence-electron chi connectivity index (χ1n) is 8.83. The summed E-state index contributed by atoms with van der Waals surface area (Å²) in [7, 11) is 0. The molecule has 0 radical (unpaired) electrons. The van der Waals surface area contributed by atoms with Crippen molar-refractivity contribution in [3.63, 3.8) is 0 Å². The Bertz CT molecular complexity index is 1110. The van der Waals surface area contributed by atoms with Crippen LogP contribution in [0.15, 0.2) is 67.0 Å². The maximum absolute atomic E-state index is 12.5. The molecule has 4 aromatic rings. The van der Waals surface area contributed by atoms with Crippen molar-refractivity contribution in [3.05, 3.63) is 72.7 Å². The van der Waals surface area contributed by atoms with Crippen molar-refractivity contribution in [1.82, 2.24) is 19.6 Å². The zero-order chi connectivity index (χ0) is 20.3. The summed E-state index contributed by atoms with van der Waals surface area (Å²) < 4.78 is 43.1. The van der Waals surface area contributed by atoms with Gasteiger partial charge in [0.25, 0.3) is 0 Å². The third-order valence-electron chi connectivity index (χ3n) is 4.14. The van der Waals surface area contributed by atoms with E-state index < -0.39 is 6.36 Å². The fraction of sp³-hybridized carbons (Fsp3) is 0.150. The van der Waals surface area contributed by atoms with Gasteiger partial charge in [0, 0.05) is 30.4 Å². The van der Waals surface area contributed by atoms with Gasteiger partial charge in [0.2, 0.25) is 0 Å². The highest BCUT2D eigenvalue weighted by molar-refractivity contribution is 5.65. The van der Waals surface area contributed by atoms with Gasteiger partial charge in [0.05, 0.1) is 11.9 Å². The Morgan fingerprint density at radius 3 is 2.69 bits per heavy atom. The number of alkyl halides is 3. The Kier molecular flexibility index (Phi) is 5.03. The number of nitrogens with zero attached hydrogens (tertiary/aromatic N) is 4. The minimum absolute atomic E-state index is 0.297. The Labute approximate surface area is 164 Å². The van der Waals surface area contributed by atoms with Crippen molar-refractivity contribution in [1.29, 1.82) is 0 Å². The van der Waals surface area contributed by atoms with Crippen molar-refractivity contribution in [2.45, 2.75) is 12.8 Å². The number of ether oxygens (including phenoxy) is 1. The van der Waals surface area contributed by atoms with Crippen LogP contribution in [0.5, 0.6) is 5.75 Å². The molecule has 0 atom stereocenters. The van der Waals surface area contributed by atoms with E-state index in [4.69, 9.17) is 0 Å². The zero-order valence-electron chi connectivity index (χ0n) is 15.1. The molecule has 3 heterocycles. The van der Waals surface area contributed by atoms with Gasteiger partial charge in [-0.15, -0.1) is 18.3 Å². The second-order valence-corrected chi connectivity index (χ2v) is 6.21. The molecule has 0 saturated carbocycles. The van der Waals surface area contributed by atoms with Gasteiger partial charge in [-0.1, -0.05) is 18.2 Å². The molecule has 0 fully saturated rings. The van der Waals surface area contributed by atoms with Crippen molar-refractivity contribution < 1.29 is 17.9 Å². The number of nitrogens with one attached hydrogen (secondary N) is 1. The fourth-order valence-electron chi connectivity index (χ4n) is 2.88. The molecule has 0 aliphatic heterocycles. The molecular weight excluding hydrogens is 383 g/mol. The summed E-state index contributed by atoms with van der Waals surface area (Å²) in [4.78, 5) is 8.54. The second kappa shape index (κ2) is 7.78. The van der Waals surface area contributed by atoms with Crippen molar-refractivity contribution in [3.8, 4) is 17.0 Å². The minimum Gasteiger partial charge on any atom is -0.406 e. The molecule has 0 bridgehead atoms. The first-order chi connectivity index (χ1) is 14.0. The summed E-state index contributed by atoms with van der Waals surface area (Å²) in [6.45, 7) is 0.633. The molecule has 9 heteroatoms. The quantitative estimate of drug-likeness (QED) is 0.522. The number of aromatic nitrogens is 4. The summed E-state index contributed by atoms with van der Waals surface area (Å²) in [6.07, 6.45) is -0.712. The summed E-state index contributed by atoms with van der Waals surface area (Å²) in [5.41, 5.74) is 2.61. The lowest BCUT2D eigenvalue weighted by Crippen LogP contribution is -2.17. The van der Waals surface area contributed by atoms with E-state index in [1.807, 2.05) is 18.2 Å². The van der Waals surface area contributed by atoms with Crippen LogP contribution in [0, 0.1) is 0 Å². The Balaban J connectivity index is 1.55. The van der Waals surface area contributed by atoms with E-state index in [0.717, 1.165) is 12.1 Å². The van der Waals surface area contributed by atoms with Gasteiger partial charge in [-0.3, -0.25) is 4.98 Å². The molecule has 0 spiro atoms. The first kappa shape index (κ1) is 18.7. The molecule has 0 amide bonds. The van der Waals surface area contributed by atoms with Gasteiger partial charge < -0.3 is 10.1 Å². The smallest absolute Gasteiger partial charge is 0.406 e. The predicted molar refractivity (Wildman–Crippen MR) is 102 cm³/mol. The van der Waals surface area contributed by atoms with E-state index >= 15 is 0 Å². The van der Waals surface area contributed by atoms with Gasteiger partial charge in [0.15, 0.2) is 5.65 Å². The number of hydrogen-bond acceptors (Lipinski definition) is 5. The number of halogens is 3. The number of benzene rings is 1. The molecule has 6 nitrogen and oxygen atoms in total. The minimum atomic E-state index is -4.75. The van der Waals surface area contributed by atoms with E-state index in [1.165, 1.54) is 18.2 Å². The van der Waals surface area contributed by atoms with Crippen molar-refractivity contribution in [2.24, 2.45) is 0 Å². The lowest BCUT2D eigenvalue weighted by atomic mass is 10.1. The van der Waals surface area contributed by atoms with Crippen LogP contribution >= 0.6 is 0 Å². The molecule has 29 heavy (non-hydrogen) atoms. The van der Waals surface area contributed by atoms with Crippen molar-refractivity contribution in [2.75, 3.05) is 11.9 Å². The van der Waals surface area contributed by atoms with Crippen LogP contribution in [0.3, 0.4) is 0 Å². The fourth-order valence-corrected chi connectivity index (χ4v) is 2.88. The molecule has 4 rings (SSSR count). The number of pyridine rings is 1. The molecule has 1 aromatic carbocycles. The molecule has 3 aromatic heterocycles. The molecule has 148 valence electrons. The lowest BCUT2D eigenvalue weighted by molar-refractivity contribution is -0.274. The highest BCUT2D eigenvalue weighted by atomic mass is 19.4. The van der Waals surface area contributed by atoms with Crippen molar-refractivity contribution >= 4 is 11.5 Å². The van der Waals surface area contributed by atoms with Gasteiger partial charge in [-0.2, -0.15) is 0 Å². The standard InChI is InChI=1S/C20H16F3N5O/c21-20(22,23)29-16-6-3-4-14(12-16)17-13-26-19-8-7-18(27-28(17)19)25-11-9-15-5-1-2-10-24-15/h1-8,10,12-13H,9,11H2,(H,25,27). The third-order valence-corrected chi connectivity index (χ3v) is 4.14. The van der Waals surface area contributed by atoms with Crippen LogP contribution in [0.25, 0.3) is 16.9 Å². The molecule has 1 N–H and O–H groups in total. The van der Waals surface area contributed by atoms with Gasteiger partial charge in [-0.05, 0) is 36.4 Å². The van der Waals surface area contributed by atoms with Crippen LogP contribution in [0.4, 0.5) is 19.0 Å². The highest BCUT2D eigenvalue weighted by Crippen LogP contribution is 2.28. The molecule has 0 aliphatic carbocycles. The summed E-state index contributed by atoms with van der Waals surface area (Å²) in [5, 5.41) is 7.73. The monoisotopic (exact) mass is 399 g/mol. The largest absolute Gasteiger partial charge is 0.573 e. The maximum atomic E-state index is 12.5. The van der Waals surface area contributed by atoms with E-state index in [-0.39, 0.29) is 5.75 Å². The van der Waals surface area contributed by atoms with E-state index in [0.29, 0.717) is 29.3 Å². The highest BCUT2D eigenvalue weighted by Gasteiger charge is 2.31. The van der Waals surface area contributed by atoms with Crippen LogP contribution in [0.1, 0.15) is 5.69 Å². The summed E-state index contributed by atoms with van der Waals surface area (Å²) in [6, 6.07) is 15.0. The third kappa shape index (κ3) is 4.63. The Morgan fingerprint density at radius 1 is 1.00 bits per heavy atom. The first-order valence-corrected chi connectivity index (χ1v) is 8.83. The number of anilines is 1. The van der Waals surface area contributed by atoms with Crippen LogP contribution in [-0.4, -0.2) is 32.5 Å². The van der Waals surface area contributed by atoms with Gasteiger partial charge in [0.1, 0.15) is 11.6 Å². The van der Waals surface area contributed by atoms with Crippen LogP contribution in [-0.2, 0) is 6.42 Å². The number of fused-ring (bicyclic) bond motifs is 1. The number of hydrogen-bond donors (Lipinski definition) is 1. The number of imidazole rings is 1. The Morgan fingerprint density at radius 2 is 1.90 bits per heavy atom. The Hall–Kier alpha value is -3.62. The van der Waals surface area contributed by atoms with E-state index in [1.54, 1.807) is 35.1 Å². The zero-order valence-corrected chi connectivity index (χ0v) is 15.1. The van der Waals surface area contributed by atoms with Gasteiger partial charge >= 0.3 is 6.36 Å². The SMILES string of the molecule is FC(F)(F)Oc1cccc(-c2cnc3ccc(NCCc4ccccn4)nn23)c1. The van der Waals surface area contributed by atoms with E-state index in [9.17, 15) is 13.2 Å². The van der Waals surface area contributed by atoms with E-state index in [2.05, 4.69) is 25.1 Å².